The molecular formula is C11H14Cl2N2O3. The number of aromatic nitrogens is 1. The SMILES string of the molecule is CC(C)(CCC(=O)O)NC(=O)c1cc(Cl)c(Cl)[nH]1. The number of carboxylic acid groups (broad SMARTS) is 1. The summed E-state index contributed by atoms with van der Waals surface area (Å²) in [6.45, 7) is 3.50. The number of nitrogens with one attached hydrogen (secondary N) is 2. The number of carbonyl (C=O) groups excluding carboxylic acids is 1. The summed E-state index contributed by atoms with van der Waals surface area (Å²) in [6, 6.07) is 1.42. The van der Waals surface area contributed by atoms with Crippen molar-refractivity contribution in [3.63, 3.8) is 0 Å². The molecule has 1 aromatic rings. The zero-order chi connectivity index (χ0) is 13.9. The van der Waals surface area contributed by atoms with Crippen molar-refractivity contribution >= 4 is 35.1 Å². The van der Waals surface area contributed by atoms with Crippen LogP contribution in [-0.2, 0) is 4.79 Å². The molecule has 0 aliphatic rings. The maximum Gasteiger partial charge on any atom is 0.303 e. The normalized spacial score (nSPS) is 11.3. The summed E-state index contributed by atoms with van der Waals surface area (Å²) in [5.41, 5.74) is -0.382. The highest BCUT2D eigenvalue weighted by Crippen LogP contribution is 2.22. The minimum atomic E-state index is -0.900. The molecule has 1 amide bonds. The lowest BCUT2D eigenvalue weighted by Crippen LogP contribution is -2.43. The van der Waals surface area contributed by atoms with Crippen LogP contribution in [0.3, 0.4) is 0 Å². The average Bonchev–Trinajstić information content (AvgIpc) is 2.56. The molecule has 7 heteroatoms. The van der Waals surface area contributed by atoms with Crippen molar-refractivity contribution in [3.05, 3.63) is 21.9 Å². The van der Waals surface area contributed by atoms with E-state index in [0.717, 1.165) is 0 Å². The second-order valence-corrected chi connectivity index (χ2v) is 5.36. The first-order chi connectivity index (χ1) is 8.21. The summed E-state index contributed by atoms with van der Waals surface area (Å²) in [4.78, 5) is 25.0. The van der Waals surface area contributed by atoms with Gasteiger partial charge in [-0.3, -0.25) is 9.59 Å². The van der Waals surface area contributed by atoms with E-state index in [1.807, 2.05) is 0 Å². The van der Waals surface area contributed by atoms with Crippen LogP contribution in [0.5, 0.6) is 0 Å². The number of H-pyrrole nitrogens is 1. The number of rotatable bonds is 5. The first-order valence-corrected chi connectivity index (χ1v) is 6.05. The Morgan fingerprint density at radius 2 is 2.06 bits per heavy atom. The van der Waals surface area contributed by atoms with Crippen molar-refractivity contribution in [1.82, 2.24) is 10.3 Å². The molecule has 0 unspecified atom stereocenters. The molecule has 0 bridgehead atoms. The Morgan fingerprint density at radius 1 is 1.44 bits per heavy atom. The Balaban J connectivity index is 2.66. The highest BCUT2D eigenvalue weighted by molar-refractivity contribution is 6.41. The third-order valence-electron chi connectivity index (χ3n) is 2.39. The van der Waals surface area contributed by atoms with Crippen LogP contribution < -0.4 is 5.32 Å². The molecule has 100 valence electrons. The monoisotopic (exact) mass is 292 g/mol. The zero-order valence-electron chi connectivity index (χ0n) is 10.0. The molecule has 0 aliphatic heterocycles. The Morgan fingerprint density at radius 3 is 2.50 bits per heavy atom. The molecule has 5 nitrogen and oxygen atoms in total. The predicted octanol–water partition coefficient (Wildman–Crippen LogP) is 2.69. The van der Waals surface area contributed by atoms with Crippen LogP contribution in [0.15, 0.2) is 6.07 Å². The maximum atomic E-state index is 11.9. The van der Waals surface area contributed by atoms with E-state index in [1.165, 1.54) is 6.07 Å². The summed E-state index contributed by atoms with van der Waals surface area (Å²) in [5, 5.41) is 11.8. The number of hydrogen-bond acceptors (Lipinski definition) is 2. The average molecular weight is 293 g/mol. The lowest BCUT2D eigenvalue weighted by atomic mass is 9.98. The van der Waals surface area contributed by atoms with Crippen LogP contribution in [-0.4, -0.2) is 27.5 Å². The van der Waals surface area contributed by atoms with Crippen LogP contribution >= 0.6 is 23.2 Å². The molecule has 0 saturated heterocycles. The van der Waals surface area contributed by atoms with Gasteiger partial charge in [0.15, 0.2) is 0 Å². The molecule has 0 fully saturated rings. The second-order valence-electron chi connectivity index (χ2n) is 4.58. The third kappa shape index (κ3) is 4.23. The lowest BCUT2D eigenvalue weighted by Gasteiger charge is -2.25. The van der Waals surface area contributed by atoms with Crippen molar-refractivity contribution < 1.29 is 14.7 Å². The standard InChI is InChI=1S/C11H14Cl2N2O3/c1-11(2,4-3-8(16)17)15-10(18)7-5-6(12)9(13)14-7/h5,14H,3-4H2,1-2H3,(H,15,18)(H,16,17). The fourth-order valence-electron chi connectivity index (χ4n) is 1.38. The van der Waals surface area contributed by atoms with E-state index in [-0.39, 0.29) is 28.2 Å². The van der Waals surface area contributed by atoms with Gasteiger partial charge in [0.25, 0.3) is 5.91 Å². The van der Waals surface area contributed by atoms with Gasteiger partial charge in [0.05, 0.1) is 5.02 Å². The van der Waals surface area contributed by atoms with E-state index < -0.39 is 11.5 Å². The smallest absolute Gasteiger partial charge is 0.303 e. The first-order valence-electron chi connectivity index (χ1n) is 5.29. The Bertz CT molecular complexity index is 449. The minimum absolute atomic E-state index is 0.0144. The molecule has 3 N–H and O–H groups in total. The van der Waals surface area contributed by atoms with E-state index in [2.05, 4.69) is 10.3 Å². The second kappa shape index (κ2) is 5.63. The topological polar surface area (TPSA) is 82.2 Å². The number of hydrogen-bond donors (Lipinski definition) is 3. The quantitative estimate of drug-likeness (QED) is 0.780. The van der Waals surface area contributed by atoms with Gasteiger partial charge >= 0.3 is 5.97 Å². The number of aromatic amines is 1. The highest BCUT2D eigenvalue weighted by Gasteiger charge is 2.23. The van der Waals surface area contributed by atoms with Crippen LogP contribution in [0, 0.1) is 0 Å². The van der Waals surface area contributed by atoms with Gasteiger partial charge in [-0.2, -0.15) is 0 Å². The van der Waals surface area contributed by atoms with Crippen molar-refractivity contribution in [3.8, 4) is 0 Å². The zero-order valence-corrected chi connectivity index (χ0v) is 11.5. The summed E-state index contributed by atoms with van der Waals surface area (Å²) in [5.74, 6) is -1.28. The number of halogens is 2. The summed E-state index contributed by atoms with van der Waals surface area (Å²) in [6.07, 6.45) is 0.315. The van der Waals surface area contributed by atoms with Crippen molar-refractivity contribution in [2.45, 2.75) is 32.2 Å². The van der Waals surface area contributed by atoms with Crippen LogP contribution in [0.4, 0.5) is 0 Å². The molecule has 1 rings (SSSR count). The van der Waals surface area contributed by atoms with E-state index in [1.54, 1.807) is 13.8 Å². The number of carboxylic acids is 1. The molecule has 0 radical (unpaired) electrons. The van der Waals surface area contributed by atoms with Crippen LogP contribution in [0.2, 0.25) is 10.2 Å². The Labute approximate surface area is 114 Å². The number of aliphatic carboxylic acids is 1. The van der Waals surface area contributed by atoms with Gasteiger partial charge in [-0.05, 0) is 26.3 Å². The van der Waals surface area contributed by atoms with Crippen LogP contribution in [0.1, 0.15) is 37.2 Å². The largest absolute Gasteiger partial charge is 0.481 e. The van der Waals surface area contributed by atoms with Crippen molar-refractivity contribution in [2.24, 2.45) is 0 Å². The Kier molecular flexibility index (Phi) is 4.65. The van der Waals surface area contributed by atoms with Gasteiger partial charge in [-0.1, -0.05) is 23.2 Å². The summed E-state index contributed by atoms with van der Waals surface area (Å²) < 4.78 is 0. The summed E-state index contributed by atoms with van der Waals surface area (Å²) >= 11 is 11.4. The molecule has 1 heterocycles. The van der Waals surface area contributed by atoms with E-state index in [0.29, 0.717) is 6.42 Å². The molecule has 0 aliphatic carbocycles. The fourth-order valence-corrected chi connectivity index (χ4v) is 1.70. The van der Waals surface area contributed by atoms with E-state index in [9.17, 15) is 9.59 Å². The van der Waals surface area contributed by atoms with Crippen LogP contribution in [0.25, 0.3) is 0 Å². The number of carbonyl (C=O) groups is 2. The van der Waals surface area contributed by atoms with Gasteiger partial charge in [0.2, 0.25) is 0 Å². The first kappa shape index (κ1) is 14.9. The van der Waals surface area contributed by atoms with E-state index >= 15 is 0 Å². The van der Waals surface area contributed by atoms with Gasteiger partial charge in [0, 0.05) is 12.0 Å². The third-order valence-corrected chi connectivity index (χ3v) is 3.08. The Hall–Kier alpha value is -1.20. The molecular weight excluding hydrogens is 279 g/mol. The lowest BCUT2D eigenvalue weighted by molar-refractivity contribution is -0.137. The van der Waals surface area contributed by atoms with Gasteiger partial charge < -0.3 is 15.4 Å². The van der Waals surface area contributed by atoms with Gasteiger partial charge in [-0.25, -0.2) is 0 Å². The van der Waals surface area contributed by atoms with Crippen molar-refractivity contribution in [2.75, 3.05) is 0 Å². The molecule has 18 heavy (non-hydrogen) atoms. The molecule has 0 saturated carbocycles. The maximum absolute atomic E-state index is 11.9. The summed E-state index contributed by atoms with van der Waals surface area (Å²) in [7, 11) is 0. The number of amides is 1. The minimum Gasteiger partial charge on any atom is -0.481 e. The van der Waals surface area contributed by atoms with E-state index in [4.69, 9.17) is 28.3 Å². The fraction of sp³-hybridized carbons (Fsp3) is 0.455. The molecule has 0 aromatic carbocycles. The molecule has 0 atom stereocenters. The molecule has 1 aromatic heterocycles. The highest BCUT2D eigenvalue weighted by atomic mass is 35.5. The molecule has 0 spiro atoms. The predicted molar refractivity (Wildman–Crippen MR) is 69.2 cm³/mol. The van der Waals surface area contributed by atoms with Gasteiger partial charge in [0.1, 0.15) is 10.8 Å². The van der Waals surface area contributed by atoms with Crippen molar-refractivity contribution in [1.29, 1.82) is 0 Å². The van der Waals surface area contributed by atoms with Gasteiger partial charge in [-0.15, -0.1) is 0 Å².